The maximum atomic E-state index is 2.60. The van der Waals surface area contributed by atoms with Gasteiger partial charge < -0.3 is 4.90 Å². The maximum Gasteiger partial charge on any atom is 0.305 e. The van der Waals surface area contributed by atoms with E-state index in [1.54, 1.807) is 0 Å². The third-order valence-electron chi connectivity index (χ3n) is 5.24. The highest BCUT2D eigenvalue weighted by Gasteiger charge is 2.44. The topological polar surface area (TPSA) is 12.1 Å². The number of hydrogen-bond donors (Lipinski definition) is 0. The van der Waals surface area contributed by atoms with Crippen molar-refractivity contribution in [1.29, 1.82) is 0 Å². The van der Waals surface area contributed by atoms with Gasteiger partial charge in [-0.05, 0) is 45.6 Å². The van der Waals surface area contributed by atoms with Crippen LogP contribution in [0.3, 0.4) is 0 Å². The smallest absolute Gasteiger partial charge is 0.305 e. The van der Waals surface area contributed by atoms with Crippen molar-refractivity contribution in [3.63, 3.8) is 0 Å². The van der Waals surface area contributed by atoms with Crippen molar-refractivity contribution >= 4 is 5.70 Å². The number of hydrogen-bond acceptors (Lipinski definition) is 1. The zero-order valence-electron chi connectivity index (χ0n) is 16.2. The van der Waals surface area contributed by atoms with Crippen molar-refractivity contribution in [3.8, 4) is 0 Å². The van der Waals surface area contributed by atoms with Crippen LogP contribution in [0.25, 0.3) is 5.70 Å². The van der Waals surface area contributed by atoms with E-state index in [9.17, 15) is 0 Å². The molecule has 2 heterocycles. The fourth-order valence-corrected chi connectivity index (χ4v) is 4.54. The van der Waals surface area contributed by atoms with Gasteiger partial charge in [0.25, 0.3) is 0 Å². The van der Waals surface area contributed by atoms with Crippen molar-refractivity contribution in [2.45, 2.75) is 73.4 Å². The third-order valence-corrected chi connectivity index (χ3v) is 5.24. The van der Waals surface area contributed by atoms with E-state index >= 15 is 0 Å². The summed E-state index contributed by atoms with van der Waals surface area (Å²) in [7, 11) is 4.37. The van der Waals surface area contributed by atoms with E-state index in [0.29, 0.717) is 6.04 Å². The molecule has 1 aliphatic rings. The van der Waals surface area contributed by atoms with Crippen LogP contribution in [0.15, 0.2) is 6.08 Å². The Balaban J connectivity index is 2.75. The monoisotopic (exact) mass is 304 g/mol. The van der Waals surface area contributed by atoms with E-state index < -0.39 is 0 Å². The Morgan fingerprint density at radius 1 is 1.14 bits per heavy atom. The molecular formula is C19H34N3+. The number of allylic oxidation sites excluding steroid dienone is 1. The van der Waals surface area contributed by atoms with Crippen LogP contribution in [0.1, 0.15) is 65.2 Å². The molecule has 2 rings (SSSR count). The van der Waals surface area contributed by atoms with Crippen LogP contribution in [-0.4, -0.2) is 21.0 Å². The Hall–Kier alpha value is -1.25. The van der Waals surface area contributed by atoms with Gasteiger partial charge in [-0.25, -0.2) is 9.13 Å². The van der Waals surface area contributed by atoms with Crippen LogP contribution in [0.2, 0.25) is 0 Å². The molecule has 0 saturated heterocycles. The molecule has 0 atom stereocenters. The summed E-state index contributed by atoms with van der Waals surface area (Å²) in [6, 6.07) is 0.480. The highest BCUT2D eigenvalue weighted by molar-refractivity contribution is 5.61. The minimum Gasteiger partial charge on any atom is -0.358 e. The molecule has 0 unspecified atom stereocenters. The molecule has 0 N–H and O–H groups in total. The van der Waals surface area contributed by atoms with E-state index in [1.807, 2.05) is 0 Å². The van der Waals surface area contributed by atoms with Gasteiger partial charge in [-0.2, -0.15) is 0 Å². The lowest BCUT2D eigenvalue weighted by Crippen LogP contribution is -2.53. The standard InChI is InChI=1S/C19H34N3/c1-13(2)22-16(11-18(5,6)12-19(22,7)8)17-20(9)14(3)15(4)21(17)10/h11,13H,12H2,1-10H3/q+1. The largest absolute Gasteiger partial charge is 0.358 e. The molecule has 1 aliphatic heterocycles. The van der Waals surface area contributed by atoms with Crippen molar-refractivity contribution in [2.24, 2.45) is 19.5 Å². The summed E-state index contributed by atoms with van der Waals surface area (Å²) in [4.78, 5) is 2.60. The minimum atomic E-state index is 0.154. The summed E-state index contributed by atoms with van der Waals surface area (Å²) >= 11 is 0. The highest BCUT2D eigenvalue weighted by Crippen LogP contribution is 2.44. The Morgan fingerprint density at radius 2 is 1.68 bits per heavy atom. The second-order valence-corrected chi connectivity index (χ2v) is 8.58. The average Bonchev–Trinajstić information content (AvgIpc) is 2.49. The van der Waals surface area contributed by atoms with Crippen LogP contribution in [-0.2, 0) is 14.1 Å². The predicted molar refractivity (Wildman–Crippen MR) is 93.5 cm³/mol. The number of aromatic nitrogens is 2. The maximum absolute atomic E-state index is 2.60. The lowest BCUT2D eigenvalue weighted by atomic mass is 9.74. The van der Waals surface area contributed by atoms with Crippen molar-refractivity contribution in [3.05, 3.63) is 23.3 Å². The first-order chi connectivity index (χ1) is 9.89. The Bertz CT molecular complexity index is 590. The molecule has 22 heavy (non-hydrogen) atoms. The van der Waals surface area contributed by atoms with E-state index in [1.165, 1.54) is 29.3 Å². The Kier molecular flexibility index (Phi) is 4.00. The van der Waals surface area contributed by atoms with Gasteiger partial charge in [0.2, 0.25) is 0 Å². The molecule has 3 nitrogen and oxygen atoms in total. The summed E-state index contributed by atoms with van der Waals surface area (Å²) < 4.78 is 4.68. The first kappa shape index (κ1) is 17.1. The van der Waals surface area contributed by atoms with Crippen LogP contribution >= 0.6 is 0 Å². The Morgan fingerprint density at radius 3 is 2.09 bits per heavy atom. The van der Waals surface area contributed by atoms with Gasteiger partial charge in [0, 0.05) is 25.4 Å². The fourth-order valence-electron chi connectivity index (χ4n) is 4.54. The number of nitrogens with zero attached hydrogens (tertiary/aromatic N) is 3. The van der Waals surface area contributed by atoms with Crippen LogP contribution < -0.4 is 4.57 Å². The summed E-state index contributed by atoms with van der Waals surface area (Å²) in [5.74, 6) is 1.31. The molecule has 0 radical (unpaired) electrons. The van der Waals surface area contributed by atoms with Crippen LogP contribution in [0, 0.1) is 19.3 Å². The van der Waals surface area contributed by atoms with Gasteiger partial charge >= 0.3 is 5.82 Å². The molecule has 0 saturated carbocycles. The highest BCUT2D eigenvalue weighted by atomic mass is 15.3. The molecular weight excluding hydrogens is 270 g/mol. The molecule has 0 spiro atoms. The summed E-state index contributed by atoms with van der Waals surface area (Å²) in [5, 5.41) is 0. The zero-order chi connectivity index (χ0) is 17.0. The first-order valence-corrected chi connectivity index (χ1v) is 8.43. The summed E-state index contributed by atoms with van der Waals surface area (Å²) in [5.41, 5.74) is 4.41. The van der Waals surface area contributed by atoms with Crippen LogP contribution in [0.4, 0.5) is 0 Å². The van der Waals surface area contributed by atoms with Crippen molar-refractivity contribution in [2.75, 3.05) is 0 Å². The second-order valence-electron chi connectivity index (χ2n) is 8.58. The molecule has 1 aromatic rings. The van der Waals surface area contributed by atoms with E-state index in [0.717, 1.165) is 0 Å². The SMILES string of the molecule is Cc1c(C)[n+](C)c(C2=CC(C)(C)CC(C)(C)N2C(C)C)n1C. The average molecular weight is 305 g/mol. The quantitative estimate of drug-likeness (QED) is 0.758. The number of imidazole rings is 1. The molecule has 0 aliphatic carbocycles. The van der Waals surface area contributed by atoms with Gasteiger partial charge in [0.1, 0.15) is 17.1 Å². The van der Waals surface area contributed by atoms with E-state index in [4.69, 9.17) is 0 Å². The first-order valence-electron chi connectivity index (χ1n) is 8.43. The molecule has 3 heteroatoms. The molecule has 0 bridgehead atoms. The second kappa shape index (κ2) is 5.14. The third kappa shape index (κ3) is 2.59. The molecule has 0 aromatic carbocycles. The fraction of sp³-hybridized carbons (Fsp3) is 0.737. The summed E-state index contributed by atoms with van der Waals surface area (Å²) in [6.07, 6.45) is 3.65. The number of rotatable bonds is 2. The van der Waals surface area contributed by atoms with Gasteiger partial charge in [-0.15, -0.1) is 0 Å². The van der Waals surface area contributed by atoms with Gasteiger partial charge in [0.15, 0.2) is 0 Å². The van der Waals surface area contributed by atoms with E-state index in [-0.39, 0.29) is 11.0 Å². The zero-order valence-corrected chi connectivity index (χ0v) is 16.2. The molecule has 0 amide bonds. The van der Waals surface area contributed by atoms with Crippen LogP contribution in [0.5, 0.6) is 0 Å². The van der Waals surface area contributed by atoms with Gasteiger partial charge in [0.05, 0.1) is 14.1 Å². The molecule has 1 aromatic heterocycles. The molecule has 0 fully saturated rings. The Labute approximate surface area is 136 Å². The van der Waals surface area contributed by atoms with Gasteiger partial charge in [-0.3, -0.25) is 0 Å². The van der Waals surface area contributed by atoms with Crippen molar-refractivity contribution < 1.29 is 4.57 Å². The van der Waals surface area contributed by atoms with Gasteiger partial charge in [-0.1, -0.05) is 13.8 Å². The predicted octanol–water partition coefficient (Wildman–Crippen LogP) is 3.73. The summed E-state index contributed by atoms with van der Waals surface area (Å²) in [6.45, 7) is 18.5. The lowest BCUT2D eigenvalue weighted by Gasteiger charge is -2.50. The minimum absolute atomic E-state index is 0.154. The normalized spacial score (nSPS) is 20.5. The van der Waals surface area contributed by atoms with Crippen molar-refractivity contribution in [1.82, 2.24) is 9.47 Å². The lowest BCUT2D eigenvalue weighted by molar-refractivity contribution is -0.680. The van der Waals surface area contributed by atoms with E-state index in [2.05, 4.69) is 89.6 Å². The molecule has 124 valence electrons.